The average molecular weight is 318 g/mol. The van der Waals surface area contributed by atoms with Gasteiger partial charge in [0.2, 0.25) is 11.8 Å². The summed E-state index contributed by atoms with van der Waals surface area (Å²) in [5.41, 5.74) is 0.152. The fourth-order valence-electron chi connectivity index (χ4n) is 3.84. The van der Waals surface area contributed by atoms with Crippen LogP contribution in [0.4, 0.5) is 4.39 Å². The maximum absolute atomic E-state index is 13.7. The SMILES string of the molecule is O=C1CCN(C(=O)C2(c3cccc(F)c3)CCCCC2)CCN1. The molecule has 23 heavy (non-hydrogen) atoms. The van der Waals surface area contributed by atoms with Crippen molar-refractivity contribution in [1.29, 1.82) is 0 Å². The predicted octanol–water partition coefficient (Wildman–Crippen LogP) is 2.38. The molecule has 2 amide bonds. The van der Waals surface area contributed by atoms with E-state index in [-0.39, 0.29) is 17.6 Å². The summed E-state index contributed by atoms with van der Waals surface area (Å²) in [7, 11) is 0. The average Bonchev–Trinajstić information content (AvgIpc) is 2.79. The van der Waals surface area contributed by atoms with E-state index in [1.54, 1.807) is 11.0 Å². The molecule has 0 atom stereocenters. The minimum absolute atomic E-state index is 0.0104. The number of carbonyl (C=O) groups is 2. The van der Waals surface area contributed by atoms with Gasteiger partial charge in [0.1, 0.15) is 5.82 Å². The van der Waals surface area contributed by atoms with E-state index < -0.39 is 5.41 Å². The zero-order chi connectivity index (χ0) is 16.3. The maximum Gasteiger partial charge on any atom is 0.233 e. The Morgan fingerprint density at radius 1 is 1.17 bits per heavy atom. The van der Waals surface area contributed by atoms with Crippen molar-refractivity contribution in [2.45, 2.75) is 43.9 Å². The Labute approximate surface area is 136 Å². The summed E-state index contributed by atoms with van der Waals surface area (Å²) in [6.07, 6.45) is 4.93. The van der Waals surface area contributed by atoms with Gasteiger partial charge >= 0.3 is 0 Å². The first-order valence-electron chi connectivity index (χ1n) is 8.44. The van der Waals surface area contributed by atoms with Crippen molar-refractivity contribution in [3.8, 4) is 0 Å². The highest BCUT2D eigenvalue weighted by molar-refractivity contribution is 5.89. The summed E-state index contributed by atoms with van der Waals surface area (Å²) >= 11 is 0. The van der Waals surface area contributed by atoms with E-state index in [1.165, 1.54) is 12.1 Å². The summed E-state index contributed by atoms with van der Waals surface area (Å²) in [5.74, 6) is -0.254. The van der Waals surface area contributed by atoms with E-state index >= 15 is 0 Å². The molecule has 3 rings (SSSR count). The highest BCUT2D eigenvalue weighted by atomic mass is 19.1. The molecule has 1 aliphatic heterocycles. The van der Waals surface area contributed by atoms with Gasteiger partial charge in [0, 0.05) is 26.1 Å². The predicted molar refractivity (Wildman–Crippen MR) is 85.4 cm³/mol. The molecule has 1 aromatic rings. The van der Waals surface area contributed by atoms with Crippen molar-refractivity contribution in [2.24, 2.45) is 0 Å². The lowest BCUT2D eigenvalue weighted by atomic mass is 9.68. The molecule has 1 aromatic carbocycles. The monoisotopic (exact) mass is 318 g/mol. The minimum Gasteiger partial charge on any atom is -0.354 e. The van der Waals surface area contributed by atoms with Gasteiger partial charge in [-0.3, -0.25) is 9.59 Å². The van der Waals surface area contributed by atoms with Gasteiger partial charge in [-0.05, 0) is 30.5 Å². The van der Waals surface area contributed by atoms with Crippen molar-refractivity contribution >= 4 is 11.8 Å². The number of halogens is 1. The Balaban J connectivity index is 1.92. The van der Waals surface area contributed by atoms with E-state index in [1.807, 2.05) is 6.07 Å². The number of hydrogen-bond donors (Lipinski definition) is 1. The van der Waals surface area contributed by atoms with Crippen LogP contribution in [-0.2, 0) is 15.0 Å². The Hall–Kier alpha value is -1.91. The number of nitrogens with one attached hydrogen (secondary N) is 1. The number of amides is 2. The standard InChI is InChI=1S/C18H23FN2O2/c19-15-6-4-5-14(13-15)18(8-2-1-3-9-18)17(23)21-11-7-16(22)20-10-12-21/h4-6,13H,1-3,7-12H2,(H,20,22). The van der Waals surface area contributed by atoms with E-state index in [0.29, 0.717) is 26.1 Å². The largest absolute Gasteiger partial charge is 0.354 e. The van der Waals surface area contributed by atoms with Crippen LogP contribution in [0.3, 0.4) is 0 Å². The van der Waals surface area contributed by atoms with Gasteiger partial charge in [0.05, 0.1) is 5.41 Å². The van der Waals surface area contributed by atoms with E-state index in [2.05, 4.69) is 5.32 Å². The number of hydrogen-bond acceptors (Lipinski definition) is 2. The van der Waals surface area contributed by atoms with Crippen LogP contribution < -0.4 is 5.32 Å². The van der Waals surface area contributed by atoms with E-state index in [0.717, 1.165) is 37.7 Å². The van der Waals surface area contributed by atoms with Crippen LogP contribution in [-0.4, -0.2) is 36.3 Å². The first-order valence-corrected chi connectivity index (χ1v) is 8.44. The lowest BCUT2D eigenvalue weighted by Gasteiger charge is -2.40. The molecule has 0 radical (unpaired) electrons. The number of rotatable bonds is 2. The number of carbonyl (C=O) groups excluding carboxylic acids is 2. The van der Waals surface area contributed by atoms with Gasteiger partial charge in [-0.15, -0.1) is 0 Å². The van der Waals surface area contributed by atoms with Crippen LogP contribution in [0.1, 0.15) is 44.1 Å². The second-order valence-electron chi connectivity index (χ2n) is 6.55. The van der Waals surface area contributed by atoms with Crippen LogP contribution in [0, 0.1) is 5.82 Å². The van der Waals surface area contributed by atoms with Crippen molar-refractivity contribution < 1.29 is 14.0 Å². The van der Waals surface area contributed by atoms with Gasteiger partial charge in [-0.25, -0.2) is 4.39 Å². The lowest BCUT2D eigenvalue weighted by molar-refractivity contribution is -0.138. The Kier molecular flexibility index (Phi) is 4.64. The molecule has 0 aromatic heterocycles. The summed E-state index contributed by atoms with van der Waals surface area (Å²) in [5, 5.41) is 2.80. The normalized spacial score (nSPS) is 21.4. The first kappa shape index (κ1) is 16.0. The van der Waals surface area contributed by atoms with Crippen LogP contribution in [0.25, 0.3) is 0 Å². The summed E-state index contributed by atoms with van der Waals surface area (Å²) in [4.78, 5) is 26.6. The Morgan fingerprint density at radius 2 is 1.96 bits per heavy atom. The van der Waals surface area contributed by atoms with Gasteiger partial charge < -0.3 is 10.2 Å². The van der Waals surface area contributed by atoms with Gasteiger partial charge in [-0.2, -0.15) is 0 Å². The molecule has 124 valence electrons. The summed E-state index contributed by atoms with van der Waals surface area (Å²) in [6, 6.07) is 6.47. The minimum atomic E-state index is -0.631. The lowest BCUT2D eigenvalue weighted by Crippen LogP contribution is -2.49. The number of nitrogens with zero attached hydrogens (tertiary/aromatic N) is 1. The molecule has 1 saturated heterocycles. The zero-order valence-corrected chi connectivity index (χ0v) is 13.3. The van der Waals surface area contributed by atoms with Crippen molar-refractivity contribution in [3.05, 3.63) is 35.6 Å². The maximum atomic E-state index is 13.7. The van der Waals surface area contributed by atoms with Crippen LogP contribution in [0.5, 0.6) is 0 Å². The third-order valence-electron chi connectivity index (χ3n) is 5.09. The quantitative estimate of drug-likeness (QED) is 0.910. The molecule has 4 nitrogen and oxygen atoms in total. The molecule has 2 aliphatic rings. The summed E-state index contributed by atoms with van der Waals surface area (Å²) < 4.78 is 13.7. The topological polar surface area (TPSA) is 49.4 Å². The van der Waals surface area contributed by atoms with Crippen molar-refractivity contribution in [3.63, 3.8) is 0 Å². The van der Waals surface area contributed by atoms with E-state index in [9.17, 15) is 14.0 Å². The molecular weight excluding hydrogens is 295 g/mol. The smallest absolute Gasteiger partial charge is 0.233 e. The third-order valence-corrected chi connectivity index (χ3v) is 5.09. The fraction of sp³-hybridized carbons (Fsp3) is 0.556. The molecule has 1 aliphatic carbocycles. The molecule has 0 spiro atoms. The van der Waals surface area contributed by atoms with Gasteiger partial charge in [0.15, 0.2) is 0 Å². The number of benzene rings is 1. The van der Waals surface area contributed by atoms with E-state index in [4.69, 9.17) is 0 Å². The van der Waals surface area contributed by atoms with Gasteiger partial charge in [-0.1, -0.05) is 31.4 Å². The molecule has 0 bridgehead atoms. The molecule has 1 heterocycles. The molecule has 5 heteroatoms. The molecule has 2 fully saturated rings. The first-order chi connectivity index (χ1) is 11.1. The second-order valence-corrected chi connectivity index (χ2v) is 6.55. The second kappa shape index (κ2) is 6.69. The highest BCUT2D eigenvalue weighted by Crippen LogP contribution is 2.41. The highest BCUT2D eigenvalue weighted by Gasteiger charge is 2.43. The van der Waals surface area contributed by atoms with Crippen LogP contribution >= 0.6 is 0 Å². The zero-order valence-electron chi connectivity index (χ0n) is 13.3. The van der Waals surface area contributed by atoms with Gasteiger partial charge in [0.25, 0.3) is 0 Å². The molecule has 1 saturated carbocycles. The Morgan fingerprint density at radius 3 is 2.70 bits per heavy atom. The Bertz CT molecular complexity index is 596. The third kappa shape index (κ3) is 3.23. The summed E-state index contributed by atoms with van der Waals surface area (Å²) in [6.45, 7) is 1.47. The molecule has 0 unspecified atom stereocenters. The van der Waals surface area contributed by atoms with Crippen LogP contribution in [0.2, 0.25) is 0 Å². The van der Waals surface area contributed by atoms with Crippen LogP contribution in [0.15, 0.2) is 24.3 Å². The van der Waals surface area contributed by atoms with Crippen molar-refractivity contribution in [1.82, 2.24) is 10.2 Å². The fourth-order valence-corrected chi connectivity index (χ4v) is 3.84. The van der Waals surface area contributed by atoms with Crippen molar-refractivity contribution in [2.75, 3.05) is 19.6 Å². The molecule has 1 N–H and O–H groups in total. The molecular formula is C18H23FN2O2.